The van der Waals surface area contributed by atoms with E-state index in [0.29, 0.717) is 29.7 Å². The lowest BCUT2D eigenvalue weighted by molar-refractivity contribution is 0.0942. The zero-order valence-electron chi connectivity index (χ0n) is 18.9. The van der Waals surface area contributed by atoms with E-state index in [1.54, 1.807) is 72.8 Å². The quantitative estimate of drug-likeness (QED) is 0.455. The SMILES string of the molecule is O=C(NCCc1ccc(S(=O)(=O)NC2CCCC2)cc1)c1ccccc1C(=O)c1ccccc1. The van der Waals surface area contributed by atoms with Crippen LogP contribution in [-0.2, 0) is 16.4 Å². The van der Waals surface area contributed by atoms with E-state index >= 15 is 0 Å². The van der Waals surface area contributed by atoms with Crippen LogP contribution in [0.25, 0.3) is 0 Å². The molecule has 0 bridgehead atoms. The second-order valence-electron chi connectivity index (χ2n) is 8.49. The van der Waals surface area contributed by atoms with Crippen molar-refractivity contribution in [1.82, 2.24) is 10.0 Å². The Balaban J connectivity index is 1.35. The van der Waals surface area contributed by atoms with Crippen LogP contribution in [0.4, 0.5) is 0 Å². The van der Waals surface area contributed by atoms with Crippen molar-refractivity contribution >= 4 is 21.7 Å². The summed E-state index contributed by atoms with van der Waals surface area (Å²) in [6.07, 6.45) is 4.43. The maximum absolute atomic E-state index is 12.9. The highest BCUT2D eigenvalue weighted by Crippen LogP contribution is 2.21. The maximum atomic E-state index is 12.9. The highest BCUT2D eigenvalue weighted by atomic mass is 32.2. The summed E-state index contributed by atoms with van der Waals surface area (Å²) in [6.45, 7) is 0.360. The summed E-state index contributed by atoms with van der Waals surface area (Å²) in [5.41, 5.74) is 2.13. The molecule has 1 aliphatic rings. The molecule has 0 atom stereocenters. The van der Waals surface area contributed by atoms with Gasteiger partial charge in [0.1, 0.15) is 0 Å². The Labute approximate surface area is 200 Å². The second kappa shape index (κ2) is 10.8. The average Bonchev–Trinajstić information content (AvgIpc) is 3.37. The van der Waals surface area contributed by atoms with Crippen LogP contribution in [0.15, 0.2) is 83.8 Å². The first-order chi connectivity index (χ1) is 16.4. The van der Waals surface area contributed by atoms with E-state index in [1.807, 2.05) is 6.07 Å². The number of rotatable bonds is 9. The molecular weight excluding hydrogens is 448 g/mol. The molecule has 4 rings (SSSR count). The topological polar surface area (TPSA) is 92.3 Å². The summed E-state index contributed by atoms with van der Waals surface area (Å²) in [7, 11) is -3.52. The fraction of sp³-hybridized carbons (Fsp3) is 0.259. The third-order valence-corrected chi connectivity index (χ3v) is 7.60. The molecule has 0 unspecified atom stereocenters. The minimum absolute atomic E-state index is 0.0246. The molecule has 3 aromatic carbocycles. The lowest BCUT2D eigenvalue weighted by Gasteiger charge is -2.13. The van der Waals surface area contributed by atoms with Gasteiger partial charge in [0.05, 0.1) is 10.5 Å². The van der Waals surface area contributed by atoms with Crippen LogP contribution in [0.5, 0.6) is 0 Å². The summed E-state index contributed by atoms with van der Waals surface area (Å²) in [4.78, 5) is 25.9. The highest BCUT2D eigenvalue weighted by molar-refractivity contribution is 7.89. The molecule has 6 nitrogen and oxygen atoms in total. The van der Waals surface area contributed by atoms with E-state index < -0.39 is 10.0 Å². The Bertz CT molecular complexity index is 1250. The number of amides is 1. The van der Waals surface area contributed by atoms with Crippen molar-refractivity contribution < 1.29 is 18.0 Å². The van der Waals surface area contributed by atoms with E-state index in [9.17, 15) is 18.0 Å². The van der Waals surface area contributed by atoms with Crippen molar-refractivity contribution in [2.45, 2.75) is 43.0 Å². The molecule has 3 aromatic rings. The normalized spacial score (nSPS) is 14.1. The van der Waals surface area contributed by atoms with E-state index in [4.69, 9.17) is 0 Å². The van der Waals surface area contributed by atoms with E-state index in [1.165, 1.54) is 0 Å². The summed E-state index contributed by atoms with van der Waals surface area (Å²) in [5, 5.41) is 2.87. The molecular formula is C27H28N2O4S. The van der Waals surface area contributed by atoms with Gasteiger partial charge in [-0.15, -0.1) is 0 Å². The number of carbonyl (C=O) groups excluding carboxylic acids is 2. The van der Waals surface area contributed by atoms with Crippen LogP contribution in [0, 0.1) is 0 Å². The molecule has 0 heterocycles. The highest BCUT2D eigenvalue weighted by Gasteiger charge is 2.23. The predicted octanol–water partition coefficient (Wildman–Crippen LogP) is 4.11. The monoisotopic (exact) mass is 476 g/mol. The molecule has 7 heteroatoms. The summed E-state index contributed by atoms with van der Waals surface area (Å²) in [5.74, 6) is -0.519. The van der Waals surface area contributed by atoms with Gasteiger partial charge in [-0.25, -0.2) is 13.1 Å². The molecule has 2 N–H and O–H groups in total. The van der Waals surface area contributed by atoms with Gasteiger partial charge in [-0.3, -0.25) is 9.59 Å². The molecule has 0 radical (unpaired) electrons. The third kappa shape index (κ3) is 5.79. The molecule has 34 heavy (non-hydrogen) atoms. The smallest absolute Gasteiger partial charge is 0.252 e. The largest absolute Gasteiger partial charge is 0.352 e. The van der Waals surface area contributed by atoms with Crippen LogP contribution < -0.4 is 10.0 Å². The first-order valence-electron chi connectivity index (χ1n) is 11.5. The molecule has 1 saturated carbocycles. The standard InChI is InChI=1S/C27H28N2O4S/c30-26(21-8-2-1-3-9-21)24-12-6-7-13-25(24)27(31)28-19-18-20-14-16-23(17-15-20)34(32,33)29-22-10-4-5-11-22/h1-3,6-9,12-17,22,29H,4-5,10-11,18-19H2,(H,28,31). The number of ketones is 1. The lowest BCUT2D eigenvalue weighted by atomic mass is 9.98. The molecule has 0 saturated heterocycles. The van der Waals surface area contributed by atoms with Crippen molar-refractivity contribution in [3.8, 4) is 0 Å². The van der Waals surface area contributed by atoms with Crippen LogP contribution in [0.2, 0.25) is 0 Å². The Morgan fingerprint density at radius 1 is 0.794 bits per heavy atom. The molecule has 0 aromatic heterocycles. The van der Waals surface area contributed by atoms with Gasteiger partial charge in [0.15, 0.2) is 5.78 Å². The first-order valence-corrected chi connectivity index (χ1v) is 13.0. The molecule has 0 aliphatic heterocycles. The molecule has 176 valence electrons. The number of sulfonamides is 1. The molecule has 0 spiro atoms. The minimum atomic E-state index is -3.52. The fourth-order valence-corrected chi connectivity index (χ4v) is 5.51. The van der Waals surface area contributed by atoms with Gasteiger partial charge in [-0.2, -0.15) is 0 Å². The van der Waals surface area contributed by atoms with Crippen LogP contribution in [-0.4, -0.2) is 32.7 Å². The Kier molecular flexibility index (Phi) is 7.55. The zero-order chi connectivity index (χ0) is 24.0. The number of nitrogens with one attached hydrogen (secondary N) is 2. The average molecular weight is 477 g/mol. The molecule has 1 fully saturated rings. The Morgan fingerprint density at radius 2 is 1.41 bits per heavy atom. The lowest BCUT2D eigenvalue weighted by Crippen LogP contribution is -2.32. The molecule has 1 amide bonds. The van der Waals surface area contributed by atoms with Gasteiger partial charge < -0.3 is 5.32 Å². The van der Waals surface area contributed by atoms with Crippen molar-refractivity contribution in [2.24, 2.45) is 0 Å². The fourth-order valence-electron chi connectivity index (χ4n) is 4.21. The van der Waals surface area contributed by atoms with E-state index in [-0.39, 0.29) is 22.6 Å². The summed E-state index contributed by atoms with van der Waals surface area (Å²) >= 11 is 0. The number of hydrogen-bond acceptors (Lipinski definition) is 4. The van der Waals surface area contributed by atoms with Crippen molar-refractivity contribution in [3.05, 3.63) is 101 Å². The summed E-state index contributed by atoms with van der Waals surface area (Å²) in [6, 6.07) is 22.4. The second-order valence-corrected chi connectivity index (χ2v) is 10.2. The molecule has 1 aliphatic carbocycles. The third-order valence-electron chi connectivity index (χ3n) is 6.06. The zero-order valence-corrected chi connectivity index (χ0v) is 19.7. The van der Waals surface area contributed by atoms with Gasteiger partial charge in [0.2, 0.25) is 10.0 Å². The van der Waals surface area contributed by atoms with Gasteiger partial charge in [-0.05, 0) is 43.0 Å². The van der Waals surface area contributed by atoms with Gasteiger partial charge >= 0.3 is 0 Å². The van der Waals surface area contributed by atoms with Crippen LogP contribution >= 0.6 is 0 Å². The predicted molar refractivity (Wildman–Crippen MR) is 131 cm³/mol. The van der Waals surface area contributed by atoms with E-state index in [0.717, 1.165) is 31.2 Å². The van der Waals surface area contributed by atoms with Crippen LogP contribution in [0.1, 0.15) is 57.5 Å². The van der Waals surface area contributed by atoms with Crippen molar-refractivity contribution in [3.63, 3.8) is 0 Å². The maximum Gasteiger partial charge on any atom is 0.252 e. The van der Waals surface area contributed by atoms with Crippen LogP contribution in [0.3, 0.4) is 0 Å². The number of hydrogen-bond donors (Lipinski definition) is 2. The summed E-state index contributed by atoms with van der Waals surface area (Å²) < 4.78 is 27.9. The first kappa shape index (κ1) is 23.9. The number of carbonyl (C=O) groups is 2. The van der Waals surface area contributed by atoms with E-state index in [2.05, 4.69) is 10.0 Å². The minimum Gasteiger partial charge on any atom is -0.352 e. The van der Waals surface area contributed by atoms with Crippen molar-refractivity contribution in [2.75, 3.05) is 6.54 Å². The van der Waals surface area contributed by atoms with Crippen molar-refractivity contribution in [1.29, 1.82) is 0 Å². The Hall–Kier alpha value is -3.29. The van der Waals surface area contributed by atoms with Gasteiger partial charge in [0.25, 0.3) is 5.91 Å². The Morgan fingerprint density at radius 3 is 2.09 bits per heavy atom. The number of benzene rings is 3. The van der Waals surface area contributed by atoms with Gasteiger partial charge in [0, 0.05) is 23.7 Å². The van der Waals surface area contributed by atoms with Gasteiger partial charge in [-0.1, -0.05) is 73.5 Å².